The van der Waals surface area contributed by atoms with E-state index in [0.717, 1.165) is 4.47 Å². The molecule has 0 aliphatic carbocycles. The van der Waals surface area contributed by atoms with Crippen LogP contribution in [0, 0.1) is 0 Å². The van der Waals surface area contributed by atoms with E-state index in [-0.39, 0.29) is 13.2 Å². The van der Waals surface area contributed by atoms with Crippen molar-refractivity contribution >= 4 is 15.9 Å². The van der Waals surface area contributed by atoms with Crippen molar-refractivity contribution in [1.29, 1.82) is 0 Å². The monoisotopic (exact) mass is 312 g/mol. The van der Waals surface area contributed by atoms with Gasteiger partial charge in [-0.15, -0.1) is 0 Å². The Morgan fingerprint density at radius 3 is 2.59 bits per heavy atom. The lowest BCUT2D eigenvalue weighted by molar-refractivity contribution is -0.146. The van der Waals surface area contributed by atoms with Crippen molar-refractivity contribution < 1.29 is 22.6 Å². The minimum atomic E-state index is -4.18. The minimum absolute atomic E-state index is 0.0959. The number of ether oxygens (including phenoxy) is 2. The predicted molar refractivity (Wildman–Crippen MR) is 61.0 cm³/mol. The standard InChI is InChI=1S/C11H12BrF3O2/c1-16-10-3-2-9(12)6-8(10)7-17-5-4-11(13,14)15/h2-3,6H,4-5,7H2,1H3. The van der Waals surface area contributed by atoms with Gasteiger partial charge in [-0.05, 0) is 18.2 Å². The van der Waals surface area contributed by atoms with Gasteiger partial charge in [-0.3, -0.25) is 0 Å². The molecule has 17 heavy (non-hydrogen) atoms. The maximum absolute atomic E-state index is 11.9. The van der Waals surface area contributed by atoms with Gasteiger partial charge in [0.2, 0.25) is 0 Å². The van der Waals surface area contributed by atoms with Crippen molar-refractivity contribution in [2.75, 3.05) is 13.7 Å². The summed E-state index contributed by atoms with van der Waals surface area (Å²) < 4.78 is 46.5. The molecule has 0 bridgehead atoms. The van der Waals surface area contributed by atoms with E-state index in [9.17, 15) is 13.2 Å². The van der Waals surface area contributed by atoms with E-state index < -0.39 is 12.6 Å². The fourth-order valence-electron chi connectivity index (χ4n) is 1.23. The van der Waals surface area contributed by atoms with Gasteiger partial charge in [-0.2, -0.15) is 13.2 Å². The van der Waals surface area contributed by atoms with Crippen LogP contribution in [0.25, 0.3) is 0 Å². The Labute approximate surface area is 106 Å². The quantitative estimate of drug-likeness (QED) is 0.767. The molecule has 0 fully saturated rings. The molecular weight excluding hydrogens is 301 g/mol. The van der Waals surface area contributed by atoms with Crippen molar-refractivity contribution in [3.63, 3.8) is 0 Å². The summed E-state index contributed by atoms with van der Waals surface area (Å²) in [5.41, 5.74) is 0.712. The maximum Gasteiger partial charge on any atom is 0.391 e. The maximum atomic E-state index is 11.9. The molecule has 0 spiro atoms. The summed E-state index contributed by atoms with van der Waals surface area (Å²) in [5, 5.41) is 0. The molecule has 0 atom stereocenters. The molecule has 0 unspecified atom stereocenters. The Bertz CT molecular complexity index is 366. The summed E-state index contributed by atoms with van der Waals surface area (Å²) >= 11 is 3.28. The Morgan fingerprint density at radius 2 is 2.00 bits per heavy atom. The highest BCUT2D eigenvalue weighted by Crippen LogP contribution is 2.24. The average molecular weight is 313 g/mol. The third-order valence-corrected chi connectivity index (χ3v) is 2.52. The van der Waals surface area contributed by atoms with Gasteiger partial charge < -0.3 is 9.47 Å². The predicted octanol–water partition coefficient (Wildman–Crippen LogP) is 3.93. The first-order valence-electron chi connectivity index (χ1n) is 4.89. The zero-order valence-corrected chi connectivity index (χ0v) is 10.8. The third-order valence-electron chi connectivity index (χ3n) is 2.03. The van der Waals surface area contributed by atoms with Crippen molar-refractivity contribution in [3.8, 4) is 5.75 Å². The van der Waals surface area contributed by atoms with Crippen LogP contribution in [-0.4, -0.2) is 19.9 Å². The van der Waals surface area contributed by atoms with Crippen LogP contribution < -0.4 is 4.74 Å². The molecule has 96 valence electrons. The summed E-state index contributed by atoms with van der Waals surface area (Å²) in [7, 11) is 1.50. The summed E-state index contributed by atoms with van der Waals surface area (Å²) in [4.78, 5) is 0. The van der Waals surface area contributed by atoms with E-state index in [0.29, 0.717) is 11.3 Å². The molecule has 0 heterocycles. The van der Waals surface area contributed by atoms with Crippen molar-refractivity contribution in [1.82, 2.24) is 0 Å². The molecule has 1 rings (SSSR count). The number of alkyl halides is 3. The summed E-state index contributed by atoms with van der Waals surface area (Å²) in [6.07, 6.45) is -5.12. The van der Waals surface area contributed by atoms with Gasteiger partial charge in [0.25, 0.3) is 0 Å². The molecule has 0 N–H and O–H groups in total. The SMILES string of the molecule is COc1ccc(Br)cc1COCCC(F)(F)F. The number of halogens is 4. The fraction of sp³-hybridized carbons (Fsp3) is 0.455. The van der Waals surface area contributed by atoms with Crippen LogP contribution in [-0.2, 0) is 11.3 Å². The number of benzene rings is 1. The Balaban J connectivity index is 2.48. The summed E-state index contributed by atoms with van der Waals surface area (Å²) in [6.45, 7) is -0.252. The van der Waals surface area contributed by atoms with E-state index in [1.54, 1.807) is 18.2 Å². The second kappa shape index (κ2) is 6.26. The summed E-state index contributed by atoms with van der Waals surface area (Å²) in [6, 6.07) is 5.27. The normalized spacial score (nSPS) is 11.6. The molecule has 1 aromatic rings. The molecule has 1 aromatic carbocycles. The first-order chi connectivity index (χ1) is 7.92. The van der Waals surface area contributed by atoms with Gasteiger partial charge in [0, 0.05) is 10.0 Å². The molecule has 0 radical (unpaired) electrons. The molecule has 0 aromatic heterocycles. The lowest BCUT2D eigenvalue weighted by Gasteiger charge is -2.10. The average Bonchev–Trinajstić information content (AvgIpc) is 2.23. The first-order valence-corrected chi connectivity index (χ1v) is 5.68. The van der Waals surface area contributed by atoms with E-state index in [4.69, 9.17) is 9.47 Å². The highest BCUT2D eigenvalue weighted by atomic mass is 79.9. The molecule has 0 aliphatic heterocycles. The van der Waals surface area contributed by atoms with Crippen LogP contribution in [0.3, 0.4) is 0 Å². The van der Waals surface area contributed by atoms with Crippen molar-refractivity contribution in [2.24, 2.45) is 0 Å². The van der Waals surface area contributed by atoms with E-state index in [1.165, 1.54) is 7.11 Å². The largest absolute Gasteiger partial charge is 0.496 e. The lowest BCUT2D eigenvalue weighted by atomic mass is 10.2. The highest BCUT2D eigenvalue weighted by molar-refractivity contribution is 9.10. The van der Waals surface area contributed by atoms with Gasteiger partial charge in [-0.25, -0.2) is 0 Å². The lowest BCUT2D eigenvalue weighted by Crippen LogP contribution is -2.11. The Kier molecular flexibility index (Phi) is 5.27. The molecule has 0 saturated carbocycles. The number of rotatable bonds is 5. The van der Waals surface area contributed by atoms with E-state index in [1.807, 2.05) is 0 Å². The first kappa shape index (κ1) is 14.3. The molecular formula is C11H12BrF3O2. The third kappa shape index (κ3) is 5.41. The van der Waals surface area contributed by atoms with Crippen molar-refractivity contribution in [3.05, 3.63) is 28.2 Å². The van der Waals surface area contributed by atoms with Crippen molar-refractivity contribution in [2.45, 2.75) is 19.2 Å². The molecule has 0 amide bonds. The number of methoxy groups -OCH3 is 1. The molecule has 6 heteroatoms. The number of hydrogen-bond acceptors (Lipinski definition) is 2. The van der Waals surface area contributed by atoms with Gasteiger partial charge in [0.05, 0.1) is 26.7 Å². The smallest absolute Gasteiger partial charge is 0.391 e. The van der Waals surface area contributed by atoms with Crippen LogP contribution in [0.15, 0.2) is 22.7 Å². The zero-order valence-electron chi connectivity index (χ0n) is 9.18. The second-order valence-corrected chi connectivity index (χ2v) is 4.29. The van der Waals surface area contributed by atoms with Gasteiger partial charge in [-0.1, -0.05) is 15.9 Å². The second-order valence-electron chi connectivity index (χ2n) is 3.37. The summed E-state index contributed by atoms with van der Waals surface area (Å²) in [5.74, 6) is 0.597. The van der Waals surface area contributed by atoms with E-state index in [2.05, 4.69) is 15.9 Å². The molecule has 0 aliphatic rings. The Hall–Kier alpha value is -0.750. The van der Waals surface area contributed by atoms with Gasteiger partial charge in [0.1, 0.15) is 5.75 Å². The van der Waals surface area contributed by atoms with Crippen LogP contribution in [0.2, 0.25) is 0 Å². The van der Waals surface area contributed by atoms with Crippen LogP contribution in [0.5, 0.6) is 5.75 Å². The van der Waals surface area contributed by atoms with Gasteiger partial charge in [0.15, 0.2) is 0 Å². The van der Waals surface area contributed by atoms with Crippen LogP contribution in [0.4, 0.5) is 13.2 Å². The van der Waals surface area contributed by atoms with E-state index >= 15 is 0 Å². The van der Waals surface area contributed by atoms with Gasteiger partial charge >= 0.3 is 6.18 Å². The van der Waals surface area contributed by atoms with Crippen LogP contribution in [0.1, 0.15) is 12.0 Å². The highest BCUT2D eigenvalue weighted by Gasteiger charge is 2.26. The number of hydrogen-bond donors (Lipinski definition) is 0. The molecule has 2 nitrogen and oxygen atoms in total. The minimum Gasteiger partial charge on any atom is -0.496 e. The molecule has 0 saturated heterocycles. The Morgan fingerprint density at radius 1 is 1.29 bits per heavy atom. The zero-order chi connectivity index (χ0) is 12.9. The topological polar surface area (TPSA) is 18.5 Å². The van der Waals surface area contributed by atoms with Crippen LogP contribution >= 0.6 is 15.9 Å². The fourth-order valence-corrected chi connectivity index (χ4v) is 1.64.